The van der Waals surface area contributed by atoms with Crippen LogP contribution in [0.25, 0.3) is 33.2 Å². The van der Waals surface area contributed by atoms with Crippen LogP contribution in [-0.2, 0) is 11.8 Å². The molecular weight excluding hydrogens is 400 g/mol. The highest BCUT2D eigenvalue weighted by molar-refractivity contribution is 6.08. The summed E-state index contributed by atoms with van der Waals surface area (Å²) in [4.78, 5) is 12.4. The predicted octanol–water partition coefficient (Wildman–Crippen LogP) is 4.70. The van der Waals surface area contributed by atoms with Crippen molar-refractivity contribution >= 4 is 27.6 Å². The smallest absolute Gasteiger partial charge is 0.162 e. The maximum atomic E-state index is 10.7. The number of ether oxygens (including phenoxy) is 1. The third-order valence-electron chi connectivity index (χ3n) is 6.24. The average molecular weight is 431 g/mol. The number of hydrogen-bond acceptors (Lipinski definition) is 5. The number of fused-ring (bicyclic) bond motifs is 3. The van der Waals surface area contributed by atoms with Crippen LogP contribution in [0.2, 0.25) is 0 Å². The van der Waals surface area contributed by atoms with Gasteiger partial charge in [0, 0.05) is 48.2 Å². The summed E-state index contributed by atoms with van der Waals surface area (Å²) >= 11 is 0. The van der Waals surface area contributed by atoms with Gasteiger partial charge in [0.2, 0.25) is 0 Å². The summed E-state index contributed by atoms with van der Waals surface area (Å²) in [5.74, 6) is 2.06. The average Bonchev–Trinajstić information content (AvgIpc) is 3.20. The van der Waals surface area contributed by atoms with Gasteiger partial charge in [0.25, 0.3) is 0 Å². The van der Waals surface area contributed by atoms with E-state index in [1.54, 1.807) is 0 Å². The van der Waals surface area contributed by atoms with Gasteiger partial charge in [-0.15, -0.1) is 0 Å². The van der Waals surface area contributed by atoms with E-state index in [1.807, 2.05) is 24.3 Å². The van der Waals surface area contributed by atoms with Gasteiger partial charge in [-0.05, 0) is 42.2 Å². The number of rotatable bonds is 5. The summed E-state index contributed by atoms with van der Waals surface area (Å²) in [5.41, 5.74) is 3.94. The predicted molar refractivity (Wildman–Crippen MR) is 129 cm³/mol. The first-order valence-electron chi connectivity index (χ1n) is 11.4. The van der Waals surface area contributed by atoms with Crippen molar-refractivity contribution in [3.63, 3.8) is 0 Å². The number of aliphatic hydroxyl groups is 1. The Balaban J connectivity index is 1.68. The Morgan fingerprint density at radius 1 is 1.03 bits per heavy atom. The number of morpholine rings is 1. The van der Waals surface area contributed by atoms with E-state index in [-0.39, 0.29) is 0 Å². The standard InChI is InChI=1S/C26H30N4O2/c1-17(2)15-23(31)18-5-4-6-19(16-18)25-27-24-20-9-10-29(3)22(20)8-7-21(24)26(28-25)30-11-13-32-14-12-30/h4-10,16-17,23,31H,11-15H2,1-3H3. The van der Waals surface area contributed by atoms with Gasteiger partial charge in [-0.1, -0.05) is 32.0 Å². The topological polar surface area (TPSA) is 63.4 Å². The number of aliphatic hydroxyl groups excluding tert-OH is 1. The lowest BCUT2D eigenvalue weighted by atomic mass is 9.98. The SMILES string of the molecule is CC(C)CC(O)c1cccc(-c2nc(N3CCOCC3)c3ccc4c(ccn4C)c3n2)c1. The molecule has 0 spiro atoms. The molecule has 32 heavy (non-hydrogen) atoms. The molecule has 6 nitrogen and oxygen atoms in total. The van der Waals surface area contributed by atoms with Crippen molar-refractivity contribution in [1.29, 1.82) is 0 Å². The molecule has 5 rings (SSSR count). The zero-order valence-corrected chi connectivity index (χ0v) is 19.0. The zero-order valence-electron chi connectivity index (χ0n) is 19.0. The summed E-state index contributed by atoms with van der Waals surface area (Å²) in [6.07, 6.45) is 2.31. The van der Waals surface area contributed by atoms with Crippen LogP contribution in [0.3, 0.4) is 0 Å². The van der Waals surface area contributed by atoms with Crippen LogP contribution < -0.4 is 4.90 Å². The number of aryl methyl sites for hydroxylation is 1. The Morgan fingerprint density at radius 2 is 1.84 bits per heavy atom. The summed E-state index contributed by atoms with van der Waals surface area (Å²) in [6.45, 7) is 7.27. The summed E-state index contributed by atoms with van der Waals surface area (Å²) in [7, 11) is 2.05. The van der Waals surface area contributed by atoms with Gasteiger partial charge in [0.15, 0.2) is 5.82 Å². The Bertz CT molecular complexity index is 1260. The Labute approximate surface area is 188 Å². The van der Waals surface area contributed by atoms with Gasteiger partial charge < -0.3 is 19.3 Å². The van der Waals surface area contributed by atoms with Gasteiger partial charge in [0.05, 0.1) is 24.8 Å². The Morgan fingerprint density at radius 3 is 2.62 bits per heavy atom. The van der Waals surface area contributed by atoms with Crippen molar-refractivity contribution in [2.24, 2.45) is 13.0 Å². The molecule has 1 N–H and O–H groups in total. The summed E-state index contributed by atoms with van der Waals surface area (Å²) in [5, 5.41) is 12.9. The van der Waals surface area contributed by atoms with Crippen LogP contribution in [0.1, 0.15) is 31.9 Å². The molecular formula is C26H30N4O2. The van der Waals surface area contributed by atoms with Crippen LogP contribution >= 0.6 is 0 Å². The number of anilines is 1. The number of benzene rings is 2. The minimum Gasteiger partial charge on any atom is -0.388 e. The molecule has 0 aliphatic carbocycles. The van der Waals surface area contributed by atoms with E-state index in [4.69, 9.17) is 14.7 Å². The van der Waals surface area contributed by atoms with E-state index in [1.165, 1.54) is 0 Å². The van der Waals surface area contributed by atoms with Gasteiger partial charge in [0.1, 0.15) is 5.82 Å². The molecule has 3 heterocycles. The molecule has 166 valence electrons. The normalized spacial score (nSPS) is 15.7. The summed E-state index contributed by atoms with van der Waals surface area (Å²) < 4.78 is 7.70. The second-order valence-electron chi connectivity index (χ2n) is 9.06. The quantitative estimate of drug-likeness (QED) is 0.497. The molecule has 6 heteroatoms. The van der Waals surface area contributed by atoms with E-state index < -0.39 is 6.10 Å². The van der Waals surface area contributed by atoms with Crippen LogP contribution in [0.4, 0.5) is 5.82 Å². The Kier molecular flexibility index (Phi) is 5.57. The van der Waals surface area contributed by atoms with Crippen molar-refractivity contribution in [2.75, 3.05) is 31.2 Å². The monoisotopic (exact) mass is 430 g/mol. The second-order valence-corrected chi connectivity index (χ2v) is 9.06. The van der Waals surface area contributed by atoms with Gasteiger partial charge in [-0.25, -0.2) is 9.97 Å². The van der Waals surface area contributed by atoms with Crippen LogP contribution in [0.5, 0.6) is 0 Å². The van der Waals surface area contributed by atoms with Crippen LogP contribution in [0.15, 0.2) is 48.7 Å². The van der Waals surface area contributed by atoms with Gasteiger partial charge in [-0.3, -0.25) is 0 Å². The molecule has 2 aromatic carbocycles. The fourth-order valence-corrected chi connectivity index (χ4v) is 4.54. The molecule has 0 bridgehead atoms. The fraction of sp³-hybridized carbons (Fsp3) is 0.385. The van der Waals surface area contributed by atoms with E-state index in [0.717, 1.165) is 58.3 Å². The van der Waals surface area contributed by atoms with E-state index in [0.29, 0.717) is 25.0 Å². The van der Waals surface area contributed by atoms with Crippen LogP contribution in [-0.4, -0.2) is 45.9 Å². The molecule has 0 radical (unpaired) electrons. The minimum atomic E-state index is -0.491. The molecule has 1 saturated heterocycles. The lowest BCUT2D eigenvalue weighted by molar-refractivity contribution is 0.122. The van der Waals surface area contributed by atoms with Gasteiger partial charge in [-0.2, -0.15) is 0 Å². The van der Waals surface area contributed by atoms with Crippen molar-refractivity contribution in [1.82, 2.24) is 14.5 Å². The summed E-state index contributed by atoms with van der Waals surface area (Å²) in [6, 6.07) is 14.4. The first-order valence-corrected chi connectivity index (χ1v) is 11.4. The molecule has 1 atom stereocenters. The third kappa shape index (κ3) is 3.85. The number of aromatic nitrogens is 3. The molecule has 1 aliphatic rings. The van der Waals surface area contributed by atoms with Crippen molar-refractivity contribution in [2.45, 2.75) is 26.4 Å². The highest BCUT2D eigenvalue weighted by atomic mass is 16.5. The Hall–Kier alpha value is -2.96. The minimum absolute atomic E-state index is 0.421. The highest BCUT2D eigenvalue weighted by Crippen LogP contribution is 2.34. The van der Waals surface area contributed by atoms with E-state index in [2.05, 4.69) is 54.8 Å². The van der Waals surface area contributed by atoms with Crippen molar-refractivity contribution < 1.29 is 9.84 Å². The molecule has 1 aliphatic heterocycles. The van der Waals surface area contributed by atoms with Crippen LogP contribution in [0, 0.1) is 5.92 Å². The van der Waals surface area contributed by atoms with Crippen molar-refractivity contribution in [3.8, 4) is 11.4 Å². The zero-order chi connectivity index (χ0) is 22.2. The first-order chi connectivity index (χ1) is 15.5. The number of hydrogen-bond donors (Lipinski definition) is 1. The molecule has 4 aromatic rings. The fourth-order valence-electron chi connectivity index (χ4n) is 4.54. The molecule has 0 saturated carbocycles. The van der Waals surface area contributed by atoms with Gasteiger partial charge >= 0.3 is 0 Å². The highest BCUT2D eigenvalue weighted by Gasteiger charge is 2.20. The maximum Gasteiger partial charge on any atom is 0.162 e. The first kappa shape index (κ1) is 20.9. The maximum absolute atomic E-state index is 10.7. The third-order valence-corrected chi connectivity index (χ3v) is 6.24. The lowest BCUT2D eigenvalue weighted by Crippen LogP contribution is -2.37. The molecule has 0 amide bonds. The molecule has 1 fully saturated rings. The van der Waals surface area contributed by atoms with E-state index >= 15 is 0 Å². The van der Waals surface area contributed by atoms with Crippen molar-refractivity contribution in [3.05, 3.63) is 54.2 Å². The second kappa shape index (κ2) is 8.52. The molecule has 1 unspecified atom stereocenters. The van der Waals surface area contributed by atoms with E-state index in [9.17, 15) is 5.11 Å². The molecule has 2 aromatic heterocycles. The number of nitrogens with zero attached hydrogens (tertiary/aromatic N) is 4. The largest absolute Gasteiger partial charge is 0.388 e. The lowest BCUT2D eigenvalue weighted by Gasteiger charge is -2.29.